The molecule has 0 saturated heterocycles. The van der Waals surface area contributed by atoms with Crippen molar-refractivity contribution in [2.24, 2.45) is 0 Å². The number of hydrogen-bond donors (Lipinski definition) is 0. The molecule has 0 heterocycles. The molecule has 0 atom stereocenters. The van der Waals surface area contributed by atoms with Crippen LogP contribution in [0.5, 0.6) is 0 Å². The van der Waals surface area contributed by atoms with Gasteiger partial charge in [0.15, 0.2) is 0 Å². The summed E-state index contributed by atoms with van der Waals surface area (Å²) < 4.78 is 4.43. The van der Waals surface area contributed by atoms with Crippen LogP contribution >= 0.6 is 0 Å². The van der Waals surface area contributed by atoms with Crippen molar-refractivity contribution >= 4 is 14.8 Å². The summed E-state index contributed by atoms with van der Waals surface area (Å²) in [5.41, 5.74) is 0. The fourth-order valence-corrected chi connectivity index (χ4v) is 0.201. The molecule has 11 heavy (non-hydrogen) atoms. The van der Waals surface area contributed by atoms with Gasteiger partial charge in [0.1, 0.15) is 0 Å². The van der Waals surface area contributed by atoms with Gasteiger partial charge in [-0.3, -0.25) is 0 Å². The Kier molecular flexibility index (Phi) is 11.2. The van der Waals surface area contributed by atoms with Gasteiger partial charge in [0.25, 0.3) is 0 Å². The van der Waals surface area contributed by atoms with Crippen LogP contribution in [0.2, 0.25) is 19.6 Å². The van der Waals surface area contributed by atoms with Gasteiger partial charge in [-0.1, -0.05) is 26.2 Å². The Balaban J connectivity index is 0. The Morgan fingerprint density at radius 1 is 1.55 bits per heavy atom. The molecule has 3 heteroatoms. The van der Waals surface area contributed by atoms with Crippen LogP contribution in [0.3, 0.4) is 0 Å². The Labute approximate surface area is 70.9 Å². The van der Waals surface area contributed by atoms with Gasteiger partial charge in [-0.2, -0.15) is 0 Å². The number of carbonyl (C=O) groups excluding carboxylic acids is 1. The van der Waals surface area contributed by atoms with Crippen molar-refractivity contribution in [3.05, 3.63) is 12.7 Å². The lowest BCUT2D eigenvalue weighted by Gasteiger charge is -1.90. The molecule has 0 amide bonds. The van der Waals surface area contributed by atoms with Crippen LogP contribution in [-0.4, -0.2) is 21.4 Å². The minimum atomic E-state index is -0.359. The molecule has 0 N–H and O–H groups in total. The average Bonchev–Trinajstić information content (AvgIpc) is 1.87. The average molecular weight is 174 g/mol. The molecule has 0 aromatic rings. The van der Waals surface area contributed by atoms with Crippen LogP contribution in [0.1, 0.15) is 6.92 Å². The zero-order chi connectivity index (χ0) is 9.28. The summed E-state index contributed by atoms with van der Waals surface area (Å²) in [5, 5.41) is 0. The van der Waals surface area contributed by atoms with E-state index in [0.29, 0.717) is 6.61 Å². The third-order valence-corrected chi connectivity index (χ3v) is 0.453. The van der Waals surface area contributed by atoms with Crippen molar-refractivity contribution in [1.82, 2.24) is 0 Å². The Bertz CT molecular complexity index is 108. The molecule has 2 nitrogen and oxygen atoms in total. The normalized spacial score (nSPS) is 8.09. The van der Waals surface area contributed by atoms with Crippen molar-refractivity contribution < 1.29 is 9.53 Å². The maximum atomic E-state index is 10.1. The first kappa shape index (κ1) is 13.0. The van der Waals surface area contributed by atoms with Crippen molar-refractivity contribution in [1.29, 1.82) is 0 Å². The smallest absolute Gasteiger partial charge is 0.330 e. The van der Waals surface area contributed by atoms with Crippen LogP contribution in [0.15, 0.2) is 12.7 Å². The molecular weight excluding hydrogens is 156 g/mol. The lowest BCUT2D eigenvalue weighted by molar-refractivity contribution is -0.137. The van der Waals surface area contributed by atoms with E-state index in [1.165, 1.54) is 0 Å². The predicted molar refractivity (Wildman–Crippen MR) is 51.6 cm³/mol. The number of rotatable bonds is 2. The molecule has 0 aliphatic rings. The topological polar surface area (TPSA) is 26.3 Å². The third-order valence-electron chi connectivity index (χ3n) is 0.453. The third kappa shape index (κ3) is 26.5. The van der Waals surface area contributed by atoms with E-state index in [1.807, 2.05) is 0 Å². The van der Waals surface area contributed by atoms with Gasteiger partial charge in [-0.15, -0.1) is 0 Å². The molecule has 0 rings (SSSR count). The van der Waals surface area contributed by atoms with E-state index in [1.54, 1.807) is 6.92 Å². The molecule has 0 spiro atoms. The molecule has 0 bridgehead atoms. The van der Waals surface area contributed by atoms with E-state index in [4.69, 9.17) is 0 Å². The van der Waals surface area contributed by atoms with E-state index in [0.717, 1.165) is 6.08 Å². The van der Waals surface area contributed by atoms with E-state index in [2.05, 4.69) is 31.0 Å². The predicted octanol–water partition coefficient (Wildman–Crippen LogP) is 1.84. The Hall–Kier alpha value is -0.573. The van der Waals surface area contributed by atoms with Gasteiger partial charge in [0.05, 0.1) is 6.61 Å². The monoisotopic (exact) mass is 174 g/mol. The summed E-state index contributed by atoms with van der Waals surface area (Å²) in [6, 6.07) is 0. The largest absolute Gasteiger partial charge is 0.463 e. The first-order valence-corrected chi connectivity index (χ1v) is 7.30. The maximum absolute atomic E-state index is 10.1. The molecular formula is C8H18O2Si. The number of hydrogen-bond acceptors (Lipinski definition) is 2. The van der Waals surface area contributed by atoms with Crippen LogP contribution in [0.25, 0.3) is 0 Å². The summed E-state index contributed by atoms with van der Waals surface area (Å²) in [4.78, 5) is 10.1. The van der Waals surface area contributed by atoms with E-state index in [-0.39, 0.29) is 14.8 Å². The van der Waals surface area contributed by atoms with Crippen molar-refractivity contribution in [3.8, 4) is 0 Å². The van der Waals surface area contributed by atoms with E-state index >= 15 is 0 Å². The van der Waals surface area contributed by atoms with Crippen LogP contribution < -0.4 is 0 Å². The second kappa shape index (κ2) is 9.43. The highest BCUT2D eigenvalue weighted by molar-refractivity contribution is 6.54. The first-order valence-electron chi connectivity index (χ1n) is 3.83. The first-order chi connectivity index (χ1) is 5.04. The second-order valence-electron chi connectivity index (χ2n) is 2.69. The summed E-state index contributed by atoms with van der Waals surface area (Å²) in [6.07, 6.45) is 1.14. The Morgan fingerprint density at radius 2 is 1.91 bits per heavy atom. The number of carbonyl (C=O) groups is 1. The van der Waals surface area contributed by atoms with Crippen molar-refractivity contribution in [3.63, 3.8) is 0 Å². The fraction of sp³-hybridized carbons (Fsp3) is 0.625. The molecule has 0 unspecified atom stereocenters. The molecule has 0 aliphatic heterocycles. The van der Waals surface area contributed by atoms with E-state index in [9.17, 15) is 4.79 Å². The molecule has 0 saturated carbocycles. The Morgan fingerprint density at radius 3 is 2.00 bits per heavy atom. The fourth-order valence-electron chi connectivity index (χ4n) is 0.201. The van der Waals surface area contributed by atoms with Gasteiger partial charge in [-0.25, -0.2) is 4.79 Å². The quantitative estimate of drug-likeness (QED) is 0.363. The zero-order valence-corrected chi connectivity index (χ0v) is 9.04. The maximum Gasteiger partial charge on any atom is 0.330 e. The van der Waals surface area contributed by atoms with E-state index < -0.39 is 0 Å². The molecule has 0 aromatic heterocycles. The molecule has 0 fully saturated rings. The highest BCUT2D eigenvalue weighted by Crippen LogP contribution is 1.74. The minimum absolute atomic E-state index is 0.139. The lowest BCUT2D eigenvalue weighted by atomic mass is 10.6. The van der Waals surface area contributed by atoms with Crippen molar-refractivity contribution in [2.45, 2.75) is 26.6 Å². The van der Waals surface area contributed by atoms with Gasteiger partial charge in [0, 0.05) is 14.9 Å². The van der Waals surface area contributed by atoms with Crippen LogP contribution in [0.4, 0.5) is 0 Å². The van der Waals surface area contributed by atoms with Crippen LogP contribution in [-0.2, 0) is 9.53 Å². The van der Waals surface area contributed by atoms with Gasteiger partial charge >= 0.3 is 5.97 Å². The molecule has 66 valence electrons. The van der Waals surface area contributed by atoms with Crippen molar-refractivity contribution in [2.75, 3.05) is 6.61 Å². The van der Waals surface area contributed by atoms with Gasteiger partial charge < -0.3 is 4.74 Å². The molecule has 0 aromatic carbocycles. The molecule has 0 aliphatic carbocycles. The van der Waals surface area contributed by atoms with Gasteiger partial charge in [0.2, 0.25) is 0 Å². The summed E-state index contributed by atoms with van der Waals surface area (Å²) in [6.45, 7) is 12.3. The SMILES string of the molecule is C=CC(=O)OCC.C[SiH](C)C. The number of esters is 1. The number of ether oxygens (including phenoxy) is 1. The summed E-state index contributed by atoms with van der Waals surface area (Å²) >= 11 is 0. The summed E-state index contributed by atoms with van der Waals surface area (Å²) in [5.74, 6) is -0.359. The standard InChI is InChI=1S/C5H8O2.C3H10Si/c1-3-5(6)7-4-2;1-4(2)3/h3H,1,4H2,2H3;4H,1-3H3. The minimum Gasteiger partial charge on any atom is -0.463 e. The molecule has 0 radical (unpaired) electrons. The van der Waals surface area contributed by atoms with Gasteiger partial charge in [-0.05, 0) is 6.92 Å². The highest BCUT2D eigenvalue weighted by Gasteiger charge is 1.86. The lowest BCUT2D eigenvalue weighted by Crippen LogP contribution is -1.97. The van der Waals surface area contributed by atoms with Crippen LogP contribution in [0, 0.1) is 0 Å². The second-order valence-corrected chi connectivity index (χ2v) is 6.15. The summed E-state index contributed by atoms with van der Waals surface area (Å²) in [7, 11) is -0.139. The highest BCUT2D eigenvalue weighted by atomic mass is 28.3. The zero-order valence-electron chi connectivity index (χ0n) is 7.89.